The molecule has 0 unspecified atom stereocenters. The molecule has 0 bridgehead atoms. The van der Waals surface area contributed by atoms with Gasteiger partial charge in [0.15, 0.2) is 17.5 Å². The first-order valence-corrected chi connectivity index (χ1v) is 8.29. The van der Waals surface area contributed by atoms with Gasteiger partial charge in [-0.05, 0) is 18.6 Å². The standard InChI is InChI=1S/C13H17F3N2O3S/c14-10-2-3-11(13(16)12(10)15)22(20,21)18-7-5-17(6-8-18)4-1-9-19/h2-3,19H,1,4-9H2. The first-order chi connectivity index (χ1) is 10.4. The zero-order chi connectivity index (χ0) is 16.3. The number of benzene rings is 1. The zero-order valence-corrected chi connectivity index (χ0v) is 12.6. The van der Waals surface area contributed by atoms with Gasteiger partial charge >= 0.3 is 0 Å². The van der Waals surface area contributed by atoms with Gasteiger partial charge in [0.2, 0.25) is 10.0 Å². The van der Waals surface area contributed by atoms with Gasteiger partial charge in [-0.1, -0.05) is 0 Å². The summed E-state index contributed by atoms with van der Waals surface area (Å²) in [5.41, 5.74) is 0. The Morgan fingerprint density at radius 2 is 1.68 bits per heavy atom. The van der Waals surface area contributed by atoms with Crippen molar-refractivity contribution in [2.45, 2.75) is 11.3 Å². The molecule has 22 heavy (non-hydrogen) atoms. The molecule has 5 nitrogen and oxygen atoms in total. The Kier molecular flexibility index (Phi) is 5.43. The van der Waals surface area contributed by atoms with E-state index in [1.54, 1.807) is 0 Å². The Bertz CT molecular complexity index is 632. The third kappa shape index (κ3) is 3.43. The Morgan fingerprint density at radius 1 is 1.05 bits per heavy atom. The van der Waals surface area contributed by atoms with Gasteiger partial charge in [-0.25, -0.2) is 21.6 Å². The predicted octanol–water partition coefficient (Wildman–Crippen LogP) is 0.793. The van der Waals surface area contributed by atoms with Crippen LogP contribution in [0, 0.1) is 17.5 Å². The van der Waals surface area contributed by atoms with Gasteiger partial charge in [-0.3, -0.25) is 0 Å². The van der Waals surface area contributed by atoms with Crippen LogP contribution in [0.25, 0.3) is 0 Å². The van der Waals surface area contributed by atoms with Gasteiger partial charge in [0, 0.05) is 39.3 Å². The van der Waals surface area contributed by atoms with Crippen LogP contribution in [0.1, 0.15) is 6.42 Å². The Morgan fingerprint density at radius 3 is 2.27 bits per heavy atom. The summed E-state index contributed by atoms with van der Waals surface area (Å²) < 4.78 is 65.5. The fourth-order valence-electron chi connectivity index (χ4n) is 2.33. The summed E-state index contributed by atoms with van der Waals surface area (Å²) in [5.74, 6) is -4.91. The molecule has 0 aliphatic carbocycles. The first kappa shape index (κ1) is 17.2. The lowest BCUT2D eigenvalue weighted by atomic mass is 10.3. The van der Waals surface area contributed by atoms with Crippen molar-refractivity contribution >= 4 is 10.0 Å². The molecule has 0 spiro atoms. The maximum atomic E-state index is 13.7. The van der Waals surface area contributed by atoms with Gasteiger partial charge in [-0.2, -0.15) is 4.31 Å². The first-order valence-electron chi connectivity index (χ1n) is 6.85. The Balaban J connectivity index is 2.14. The molecule has 0 amide bonds. The molecule has 1 saturated heterocycles. The number of sulfonamides is 1. The Labute approximate surface area is 127 Å². The molecule has 1 aliphatic heterocycles. The molecule has 2 rings (SSSR count). The number of aliphatic hydroxyl groups is 1. The van der Waals surface area contributed by atoms with Crippen LogP contribution < -0.4 is 0 Å². The number of piperazine rings is 1. The van der Waals surface area contributed by atoms with Crippen LogP contribution in [0.3, 0.4) is 0 Å². The van der Waals surface area contributed by atoms with Crippen LogP contribution in [0.5, 0.6) is 0 Å². The summed E-state index contributed by atoms with van der Waals surface area (Å²) in [7, 11) is -4.20. The highest BCUT2D eigenvalue weighted by molar-refractivity contribution is 7.89. The van der Waals surface area contributed by atoms with Crippen LogP contribution in [-0.2, 0) is 10.0 Å². The largest absolute Gasteiger partial charge is 0.396 e. The molecule has 124 valence electrons. The monoisotopic (exact) mass is 338 g/mol. The molecule has 0 atom stereocenters. The van der Waals surface area contributed by atoms with Crippen molar-refractivity contribution in [1.29, 1.82) is 0 Å². The van der Waals surface area contributed by atoms with Crippen molar-refractivity contribution in [3.05, 3.63) is 29.6 Å². The second kappa shape index (κ2) is 6.95. The van der Waals surface area contributed by atoms with E-state index in [0.29, 0.717) is 32.1 Å². The molecule has 0 saturated carbocycles. The maximum Gasteiger partial charge on any atom is 0.246 e. The minimum atomic E-state index is -4.20. The van der Waals surface area contributed by atoms with E-state index >= 15 is 0 Å². The van der Waals surface area contributed by atoms with Gasteiger partial charge in [-0.15, -0.1) is 0 Å². The molecule has 1 aliphatic rings. The second-order valence-electron chi connectivity index (χ2n) is 5.00. The highest BCUT2D eigenvalue weighted by atomic mass is 32.2. The number of halogens is 3. The topological polar surface area (TPSA) is 60.9 Å². The second-order valence-corrected chi connectivity index (χ2v) is 6.90. The normalized spacial score (nSPS) is 17.8. The fourth-order valence-corrected chi connectivity index (χ4v) is 3.81. The molecule has 0 aromatic heterocycles. The van der Waals surface area contributed by atoms with Gasteiger partial charge in [0.05, 0.1) is 0 Å². The van der Waals surface area contributed by atoms with Crippen molar-refractivity contribution < 1.29 is 26.7 Å². The number of rotatable bonds is 5. The van der Waals surface area contributed by atoms with Crippen molar-refractivity contribution in [1.82, 2.24) is 9.21 Å². The van der Waals surface area contributed by atoms with Gasteiger partial charge in [0.1, 0.15) is 4.90 Å². The number of hydrogen-bond acceptors (Lipinski definition) is 4. The number of hydrogen-bond donors (Lipinski definition) is 1. The molecule has 1 heterocycles. The van der Waals surface area contributed by atoms with E-state index in [4.69, 9.17) is 5.11 Å². The van der Waals surface area contributed by atoms with E-state index in [2.05, 4.69) is 0 Å². The fraction of sp³-hybridized carbons (Fsp3) is 0.538. The average Bonchev–Trinajstić information content (AvgIpc) is 2.51. The van der Waals surface area contributed by atoms with E-state index in [1.807, 2.05) is 4.90 Å². The average molecular weight is 338 g/mol. The lowest BCUT2D eigenvalue weighted by Crippen LogP contribution is -2.49. The minimum absolute atomic E-state index is 0.0541. The molecular formula is C13H17F3N2O3S. The molecule has 1 fully saturated rings. The molecule has 1 aromatic carbocycles. The summed E-state index contributed by atoms with van der Waals surface area (Å²) >= 11 is 0. The van der Waals surface area contributed by atoms with Gasteiger partial charge in [0.25, 0.3) is 0 Å². The molecule has 1 N–H and O–H groups in total. The van der Waals surface area contributed by atoms with Crippen LogP contribution in [-0.4, -0.2) is 62.1 Å². The zero-order valence-electron chi connectivity index (χ0n) is 11.8. The minimum Gasteiger partial charge on any atom is -0.396 e. The lowest BCUT2D eigenvalue weighted by Gasteiger charge is -2.33. The molecular weight excluding hydrogens is 321 g/mol. The molecule has 1 aromatic rings. The summed E-state index contributed by atoms with van der Waals surface area (Å²) in [5, 5.41) is 8.76. The lowest BCUT2D eigenvalue weighted by molar-refractivity contribution is 0.170. The summed E-state index contributed by atoms with van der Waals surface area (Å²) in [6.45, 7) is 1.83. The van der Waals surface area contributed by atoms with E-state index in [-0.39, 0.29) is 19.7 Å². The van der Waals surface area contributed by atoms with Crippen molar-refractivity contribution in [3.8, 4) is 0 Å². The van der Waals surface area contributed by atoms with E-state index in [1.165, 1.54) is 0 Å². The van der Waals surface area contributed by atoms with Crippen LogP contribution in [0.2, 0.25) is 0 Å². The van der Waals surface area contributed by atoms with E-state index < -0.39 is 32.4 Å². The third-order valence-corrected chi connectivity index (χ3v) is 5.50. The SMILES string of the molecule is O=S(=O)(c1ccc(F)c(F)c1F)N1CCN(CCCO)CC1. The maximum absolute atomic E-state index is 13.7. The predicted molar refractivity (Wildman–Crippen MR) is 73.2 cm³/mol. The highest BCUT2D eigenvalue weighted by Gasteiger charge is 2.32. The smallest absolute Gasteiger partial charge is 0.246 e. The third-order valence-electron chi connectivity index (χ3n) is 3.58. The van der Waals surface area contributed by atoms with Crippen molar-refractivity contribution in [3.63, 3.8) is 0 Å². The summed E-state index contributed by atoms with van der Waals surface area (Å²) in [4.78, 5) is 1.12. The summed E-state index contributed by atoms with van der Waals surface area (Å²) in [6.07, 6.45) is 0.588. The van der Waals surface area contributed by atoms with Crippen LogP contribution >= 0.6 is 0 Å². The Hall–Kier alpha value is -1.16. The van der Waals surface area contributed by atoms with E-state index in [0.717, 1.165) is 10.4 Å². The molecule has 0 radical (unpaired) electrons. The van der Waals surface area contributed by atoms with Gasteiger partial charge < -0.3 is 10.0 Å². The van der Waals surface area contributed by atoms with E-state index in [9.17, 15) is 21.6 Å². The van der Waals surface area contributed by atoms with Crippen molar-refractivity contribution in [2.75, 3.05) is 39.3 Å². The highest BCUT2D eigenvalue weighted by Crippen LogP contribution is 2.23. The quantitative estimate of drug-likeness (QED) is 0.807. The number of nitrogens with zero attached hydrogens (tertiary/aromatic N) is 2. The van der Waals surface area contributed by atoms with Crippen LogP contribution in [0.15, 0.2) is 17.0 Å². The van der Waals surface area contributed by atoms with Crippen molar-refractivity contribution in [2.24, 2.45) is 0 Å². The van der Waals surface area contributed by atoms with Crippen LogP contribution in [0.4, 0.5) is 13.2 Å². The molecule has 9 heteroatoms. The summed E-state index contributed by atoms with van der Waals surface area (Å²) in [6, 6.07) is 1.34. The number of aliphatic hydroxyl groups excluding tert-OH is 1.